The third-order valence-electron chi connectivity index (χ3n) is 4.88. The molecule has 1 aromatic heterocycles. The van der Waals surface area contributed by atoms with Crippen molar-refractivity contribution in [3.8, 4) is 11.5 Å². The molecule has 0 saturated carbocycles. The predicted octanol–water partition coefficient (Wildman–Crippen LogP) is 5.71. The summed E-state index contributed by atoms with van der Waals surface area (Å²) in [6.07, 6.45) is 1.63. The molecule has 1 aliphatic rings. The van der Waals surface area contributed by atoms with E-state index in [1.54, 1.807) is 12.1 Å². The molecule has 4 heteroatoms. The number of fused-ring (bicyclic) bond motifs is 1. The molecule has 0 spiro atoms. The molecule has 4 rings (SSSR count). The number of aryl methyl sites for hydroxylation is 4. The zero-order valence-corrected chi connectivity index (χ0v) is 16.5. The second kappa shape index (κ2) is 7.04. The Morgan fingerprint density at radius 1 is 0.964 bits per heavy atom. The van der Waals surface area contributed by atoms with Crippen LogP contribution < -0.4 is 9.47 Å². The predicted molar refractivity (Wildman–Crippen MR) is 108 cm³/mol. The van der Waals surface area contributed by atoms with E-state index in [2.05, 4.69) is 32.0 Å². The third-order valence-corrected chi connectivity index (χ3v) is 4.88. The lowest BCUT2D eigenvalue weighted by atomic mass is 10.0. The summed E-state index contributed by atoms with van der Waals surface area (Å²) >= 11 is 0. The maximum atomic E-state index is 12.7. The van der Waals surface area contributed by atoms with E-state index in [0.717, 1.165) is 16.9 Å². The number of furan rings is 1. The van der Waals surface area contributed by atoms with E-state index >= 15 is 0 Å². The van der Waals surface area contributed by atoms with Crippen molar-refractivity contribution in [2.75, 3.05) is 0 Å². The van der Waals surface area contributed by atoms with Crippen LogP contribution in [0.15, 0.2) is 52.6 Å². The van der Waals surface area contributed by atoms with Crippen molar-refractivity contribution in [2.45, 2.75) is 34.3 Å². The topological polar surface area (TPSA) is 48.7 Å². The van der Waals surface area contributed by atoms with E-state index < -0.39 is 0 Å². The molecule has 4 nitrogen and oxygen atoms in total. The molecule has 0 radical (unpaired) electrons. The van der Waals surface area contributed by atoms with Gasteiger partial charge in [0.2, 0.25) is 5.78 Å². The Morgan fingerprint density at radius 2 is 1.79 bits per heavy atom. The molecule has 3 aromatic rings. The van der Waals surface area contributed by atoms with Crippen LogP contribution in [0.1, 0.15) is 44.1 Å². The van der Waals surface area contributed by atoms with Crippen LogP contribution in [0.25, 0.3) is 6.08 Å². The van der Waals surface area contributed by atoms with Crippen LogP contribution in [-0.2, 0) is 6.61 Å². The average molecular weight is 374 g/mol. The molecule has 0 fully saturated rings. The summed E-state index contributed by atoms with van der Waals surface area (Å²) < 4.78 is 17.3. The number of Topliss-reactive ketones (excluding diaryl/α,β-unsaturated/α-hetero) is 1. The standard InChI is InChI=1S/C24H22O4/c1-14-5-6-15(2)18(9-14)13-26-20-10-16(3)23-21(12-20)28-22(24(23)25)11-19-8-7-17(4)27-19/h5-12H,13H2,1-4H3/b22-11-. The highest BCUT2D eigenvalue weighted by atomic mass is 16.5. The van der Waals surface area contributed by atoms with Gasteiger partial charge in [0.1, 0.15) is 29.6 Å². The summed E-state index contributed by atoms with van der Waals surface area (Å²) in [6, 6.07) is 13.6. The van der Waals surface area contributed by atoms with E-state index in [9.17, 15) is 4.79 Å². The fourth-order valence-corrected chi connectivity index (χ4v) is 3.34. The van der Waals surface area contributed by atoms with Gasteiger partial charge in [0.15, 0.2) is 5.76 Å². The largest absolute Gasteiger partial charge is 0.489 e. The van der Waals surface area contributed by atoms with Gasteiger partial charge in [-0.1, -0.05) is 23.8 Å². The van der Waals surface area contributed by atoms with Gasteiger partial charge in [-0.2, -0.15) is 0 Å². The van der Waals surface area contributed by atoms with Crippen molar-refractivity contribution in [3.63, 3.8) is 0 Å². The SMILES string of the molecule is Cc1ccc(C)c(COc2cc(C)c3c(c2)O/C(=C\c2ccc(C)o2)C3=O)c1. The first-order valence-corrected chi connectivity index (χ1v) is 9.25. The minimum absolute atomic E-state index is 0.136. The quantitative estimate of drug-likeness (QED) is 0.549. The molecule has 0 aliphatic carbocycles. The molecule has 2 aromatic carbocycles. The number of hydrogen-bond donors (Lipinski definition) is 0. The third kappa shape index (κ3) is 3.46. The summed E-state index contributed by atoms with van der Waals surface area (Å²) in [4.78, 5) is 12.7. The van der Waals surface area contributed by atoms with Gasteiger partial charge in [0, 0.05) is 12.1 Å². The second-order valence-corrected chi connectivity index (χ2v) is 7.22. The number of ether oxygens (including phenoxy) is 2. The zero-order valence-electron chi connectivity index (χ0n) is 16.5. The van der Waals surface area contributed by atoms with Crippen molar-refractivity contribution in [1.82, 2.24) is 0 Å². The van der Waals surface area contributed by atoms with Crippen molar-refractivity contribution in [2.24, 2.45) is 0 Å². The number of allylic oxidation sites excluding steroid dienone is 1. The van der Waals surface area contributed by atoms with Gasteiger partial charge in [-0.15, -0.1) is 0 Å². The molecule has 0 atom stereocenters. The normalized spacial score (nSPS) is 14.3. The van der Waals surface area contributed by atoms with E-state index in [1.807, 2.05) is 32.0 Å². The van der Waals surface area contributed by atoms with Gasteiger partial charge in [0.05, 0.1) is 5.56 Å². The Hall–Kier alpha value is -3.27. The van der Waals surface area contributed by atoms with Crippen LogP contribution >= 0.6 is 0 Å². The summed E-state index contributed by atoms with van der Waals surface area (Å²) in [5.41, 5.74) is 4.94. The maximum Gasteiger partial charge on any atom is 0.232 e. The molecule has 0 N–H and O–H groups in total. The molecule has 28 heavy (non-hydrogen) atoms. The maximum absolute atomic E-state index is 12.7. The van der Waals surface area contributed by atoms with E-state index in [1.165, 1.54) is 11.1 Å². The van der Waals surface area contributed by atoms with Gasteiger partial charge >= 0.3 is 0 Å². The summed E-state index contributed by atoms with van der Waals surface area (Å²) in [5.74, 6) is 2.71. The first-order chi connectivity index (χ1) is 13.4. The van der Waals surface area contributed by atoms with Crippen molar-refractivity contribution >= 4 is 11.9 Å². The van der Waals surface area contributed by atoms with Crippen LogP contribution in [-0.4, -0.2) is 5.78 Å². The van der Waals surface area contributed by atoms with Crippen LogP contribution in [0, 0.1) is 27.7 Å². The number of rotatable bonds is 4. The molecule has 0 bridgehead atoms. The molecule has 0 amide bonds. The lowest BCUT2D eigenvalue weighted by Gasteiger charge is -2.11. The minimum Gasteiger partial charge on any atom is -0.489 e. The average Bonchev–Trinajstić information content (AvgIpc) is 3.19. The Balaban J connectivity index is 1.58. The van der Waals surface area contributed by atoms with Gasteiger partial charge in [-0.25, -0.2) is 0 Å². The van der Waals surface area contributed by atoms with E-state index in [4.69, 9.17) is 13.9 Å². The Morgan fingerprint density at radius 3 is 2.54 bits per heavy atom. The van der Waals surface area contributed by atoms with Crippen molar-refractivity contribution in [1.29, 1.82) is 0 Å². The number of carbonyl (C=O) groups is 1. The van der Waals surface area contributed by atoms with Crippen LogP contribution in [0.4, 0.5) is 0 Å². The Labute approximate surface area is 164 Å². The lowest BCUT2D eigenvalue weighted by Crippen LogP contribution is -2.00. The number of carbonyl (C=O) groups excluding carboxylic acids is 1. The Kier molecular flexibility index (Phi) is 4.55. The number of benzene rings is 2. The van der Waals surface area contributed by atoms with Gasteiger partial charge in [-0.05, 0) is 62.6 Å². The number of ketones is 1. The van der Waals surface area contributed by atoms with Gasteiger partial charge < -0.3 is 13.9 Å². The van der Waals surface area contributed by atoms with E-state index in [0.29, 0.717) is 29.4 Å². The first-order valence-electron chi connectivity index (χ1n) is 9.25. The fraction of sp³-hybridized carbons (Fsp3) is 0.208. The van der Waals surface area contributed by atoms with Crippen molar-refractivity contribution in [3.05, 3.63) is 87.6 Å². The highest BCUT2D eigenvalue weighted by molar-refractivity contribution is 6.15. The smallest absolute Gasteiger partial charge is 0.232 e. The first kappa shape index (κ1) is 18.1. The van der Waals surface area contributed by atoms with Gasteiger partial charge in [-0.3, -0.25) is 4.79 Å². The molecular weight excluding hydrogens is 352 g/mol. The highest BCUT2D eigenvalue weighted by Crippen LogP contribution is 2.37. The summed E-state index contributed by atoms with van der Waals surface area (Å²) in [6.45, 7) is 8.36. The van der Waals surface area contributed by atoms with Gasteiger partial charge in [0.25, 0.3) is 0 Å². The van der Waals surface area contributed by atoms with Crippen molar-refractivity contribution < 1.29 is 18.7 Å². The molecule has 142 valence electrons. The summed E-state index contributed by atoms with van der Waals surface area (Å²) in [5, 5.41) is 0. The zero-order chi connectivity index (χ0) is 19.8. The van der Waals surface area contributed by atoms with Crippen LogP contribution in [0.2, 0.25) is 0 Å². The Bertz CT molecular complexity index is 1100. The number of hydrogen-bond acceptors (Lipinski definition) is 4. The second-order valence-electron chi connectivity index (χ2n) is 7.22. The monoisotopic (exact) mass is 374 g/mol. The minimum atomic E-state index is -0.136. The molecule has 1 aliphatic heterocycles. The molecule has 2 heterocycles. The van der Waals surface area contributed by atoms with Crippen LogP contribution in [0.5, 0.6) is 11.5 Å². The highest BCUT2D eigenvalue weighted by Gasteiger charge is 2.30. The lowest BCUT2D eigenvalue weighted by molar-refractivity contribution is 0.101. The fourth-order valence-electron chi connectivity index (χ4n) is 3.34. The van der Waals surface area contributed by atoms with Crippen LogP contribution in [0.3, 0.4) is 0 Å². The molecule has 0 unspecified atom stereocenters. The summed E-state index contributed by atoms with van der Waals surface area (Å²) in [7, 11) is 0. The van der Waals surface area contributed by atoms with E-state index in [-0.39, 0.29) is 11.5 Å². The molecule has 0 saturated heterocycles. The molecular formula is C24H22O4.